The van der Waals surface area contributed by atoms with Crippen molar-refractivity contribution in [1.29, 1.82) is 0 Å². The lowest BCUT2D eigenvalue weighted by atomic mass is 10.3. The van der Waals surface area contributed by atoms with Gasteiger partial charge in [-0.15, -0.1) is 10.2 Å². The summed E-state index contributed by atoms with van der Waals surface area (Å²) in [4.78, 5) is 8.22. The molecule has 2 saturated carbocycles. The highest BCUT2D eigenvalue weighted by atomic mass is 32.2. The minimum absolute atomic E-state index is 0.295. The Labute approximate surface area is 180 Å². The van der Waals surface area contributed by atoms with Crippen molar-refractivity contribution in [2.24, 2.45) is 0 Å². The van der Waals surface area contributed by atoms with Gasteiger partial charge >= 0.3 is 0 Å². The number of fused-ring (bicyclic) bond motifs is 1. The first-order valence-corrected chi connectivity index (χ1v) is 13.0. The lowest BCUT2D eigenvalue weighted by molar-refractivity contribution is 0.445. The van der Waals surface area contributed by atoms with Gasteiger partial charge < -0.3 is 9.55 Å². The Bertz CT molecular complexity index is 1170. The van der Waals surface area contributed by atoms with Gasteiger partial charge in [0.1, 0.15) is 11.6 Å². The van der Waals surface area contributed by atoms with E-state index in [1.165, 1.54) is 30.0 Å². The molecule has 160 valence electrons. The third-order valence-electron chi connectivity index (χ3n) is 5.73. The van der Waals surface area contributed by atoms with Crippen molar-refractivity contribution in [3.05, 3.63) is 29.8 Å². The van der Waals surface area contributed by atoms with Gasteiger partial charge in [0.25, 0.3) is 0 Å². The maximum atomic E-state index is 12.8. The van der Waals surface area contributed by atoms with Gasteiger partial charge in [-0.05, 0) is 43.9 Å². The zero-order valence-corrected chi connectivity index (χ0v) is 18.8. The molecule has 2 aliphatic carbocycles. The van der Waals surface area contributed by atoms with Gasteiger partial charge in [-0.3, -0.25) is 0 Å². The number of rotatable bonds is 9. The lowest BCUT2D eigenvalue weighted by Gasteiger charge is -2.18. The van der Waals surface area contributed by atoms with Gasteiger partial charge in [0.2, 0.25) is 10.0 Å². The normalized spacial score (nSPS) is 17.3. The topological polar surface area (TPSA) is 96.8 Å². The molecule has 30 heavy (non-hydrogen) atoms. The van der Waals surface area contributed by atoms with Crippen LogP contribution in [0.1, 0.15) is 63.1 Å². The first kappa shape index (κ1) is 20.0. The number of nitrogens with zero attached hydrogens (tertiary/aromatic N) is 5. The van der Waals surface area contributed by atoms with Gasteiger partial charge in [0, 0.05) is 25.0 Å². The van der Waals surface area contributed by atoms with Crippen LogP contribution in [0.5, 0.6) is 0 Å². The Kier molecular flexibility index (Phi) is 5.11. The molecule has 0 spiro atoms. The zero-order chi connectivity index (χ0) is 20.9. The summed E-state index contributed by atoms with van der Waals surface area (Å²) in [5, 5.41) is 9.86. The number of thioether (sulfide) groups is 1. The predicted octanol–water partition coefficient (Wildman–Crippen LogP) is 3.69. The number of nitrogens with one attached hydrogen (secondary N) is 1. The molecule has 10 heteroatoms. The van der Waals surface area contributed by atoms with Crippen LogP contribution in [0.25, 0.3) is 11.0 Å². The largest absolute Gasteiger partial charge is 0.341 e. The van der Waals surface area contributed by atoms with E-state index in [0.717, 1.165) is 27.8 Å². The van der Waals surface area contributed by atoms with Gasteiger partial charge in [0.05, 0.1) is 21.7 Å². The summed E-state index contributed by atoms with van der Waals surface area (Å²) in [6, 6.07) is 5.65. The number of aromatic amines is 1. The minimum Gasteiger partial charge on any atom is -0.341 e. The van der Waals surface area contributed by atoms with E-state index < -0.39 is 10.0 Å². The zero-order valence-electron chi connectivity index (χ0n) is 17.2. The Morgan fingerprint density at radius 2 is 1.93 bits per heavy atom. The highest BCUT2D eigenvalue weighted by molar-refractivity contribution is 7.98. The van der Waals surface area contributed by atoms with E-state index in [1.54, 1.807) is 30.0 Å². The molecule has 0 radical (unpaired) electrons. The summed E-state index contributed by atoms with van der Waals surface area (Å²) in [6.07, 6.45) is 4.86. The standard InChI is InChI=1S/C20H26N6O2S2/c1-3-25(4-2)30(27,28)15-9-10-16-17(11-15)22-18(21-16)12-29-20-24-23-19(13-5-6-13)26(20)14-7-8-14/h9-11,13-14H,3-8,12H2,1-2H3,(H,21,22). The molecule has 2 aliphatic rings. The molecular formula is C20H26N6O2S2. The van der Waals surface area contributed by atoms with Crippen molar-refractivity contribution in [1.82, 2.24) is 29.0 Å². The summed E-state index contributed by atoms with van der Waals surface area (Å²) in [7, 11) is -3.49. The molecular weight excluding hydrogens is 420 g/mol. The maximum Gasteiger partial charge on any atom is 0.243 e. The van der Waals surface area contributed by atoms with Crippen LogP contribution in [-0.2, 0) is 15.8 Å². The molecule has 3 aromatic rings. The number of H-pyrrole nitrogens is 1. The Morgan fingerprint density at radius 3 is 2.60 bits per heavy atom. The van der Waals surface area contributed by atoms with Gasteiger partial charge in [-0.25, -0.2) is 13.4 Å². The molecule has 2 fully saturated rings. The van der Waals surface area contributed by atoms with Gasteiger partial charge in [-0.2, -0.15) is 4.31 Å². The fourth-order valence-corrected chi connectivity index (χ4v) is 6.17. The second kappa shape index (κ2) is 7.65. The third kappa shape index (κ3) is 3.65. The second-order valence-electron chi connectivity index (χ2n) is 7.96. The van der Waals surface area contributed by atoms with Crippen LogP contribution < -0.4 is 0 Å². The van der Waals surface area contributed by atoms with Crippen LogP contribution in [0.2, 0.25) is 0 Å². The fourth-order valence-electron chi connectivity index (χ4n) is 3.80. The van der Waals surface area contributed by atoms with Crippen LogP contribution in [0.15, 0.2) is 28.3 Å². The highest BCUT2D eigenvalue weighted by Crippen LogP contribution is 2.46. The quantitative estimate of drug-likeness (QED) is 0.504. The molecule has 1 aromatic carbocycles. The molecule has 8 nitrogen and oxygen atoms in total. The van der Waals surface area contributed by atoms with Crippen LogP contribution in [0.3, 0.4) is 0 Å². The molecule has 0 aliphatic heterocycles. The first-order valence-electron chi connectivity index (χ1n) is 10.6. The van der Waals surface area contributed by atoms with Gasteiger partial charge in [0.15, 0.2) is 5.16 Å². The number of hydrogen-bond acceptors (Lipinski definition) is 6. The third-order valence-corrected chi connectivity index (χ3v) is 8.73. The summed E-state index contributed by atoms with van der Waals surface area (Å²) < 4.78 is 29.4. The van der Waals surface area contributed by atoms with E-state index in [0.29, 0.717) is 35.7 Å². The molecule has 0 saturated heterocycles. The van der Waals surface area contributed by atoms with Crippen molar-refractivity contribution >= 4 is 32.8 Å². The number of sulfonamides is 1. The molecule has 0 amide bonds. The summed E-state index contributed by atoms with van der Waals surface area (Å²) in [5.74, 6) is 3.19. The predicted molar refractivity (Wildman–Crippen MR) is 116 cm³/mol. The molecule has 1 N–H and O–H groups in total. The SMILES string of the molecule is CCN(CC)S(=O)(=O)c1ccc2nc(CSc3nnc(C4CC4)n3C3CC3)[nH]c2c1. The van der Waals surface area contributed by atoms with Crippen LogP contribution in [0.4, 0.5) is 0 Å². The van der Waals surface area contributed by atoms with Crippen molar-refractivity contribution in [2.45, 2.75) is 67.3 Å². The Balaban J connectivity index is 1.36. The first-order chi connectivity index (χ1) is 14.5. The lowest BCUT2D eigenvalue weighted by Crippen LogP contribution is -2.30. The van der Waals surface area contributed by atoms with Crippen LogP contribution in [0, 0.1) is 0 Å². The number of imidazole rings is 1. The van der Waals surface area contributed by atoms with Crippen molar-refractivity contribution in [3.63, 3.8) is 0 Å². The van der Waals surface area contributed by atoms with Crippen LogP contribution >= 0.6 is 11.8 Å². The molecule has 0 bridgehead atoms. The molecule has 2 heterocycles. The summed E-state index contributed by atoms with van der Waals surface area (Å²) in [6.45, 7) is 4.60. The summed E-state index contributed by atoms with van der Waals surface area (Å²) in [5.41, 5.74) is 1.51. The monoisotopic (exact) mass is 446 g/mol. The van der Waals surface area contributed by atoms with Crippen molar-refractivity contribution in [2.75, 3.05) is 13.1 Å². The van der Waals surface area contributed by atoms with Gasteiger partial charge in [-0.1, -0.05) is 25.6 Å². The van der Waals surface area contributed by atoms with E-state index in [9.17, 15) is 8.42 Å². The Morgan fingerprint density at radius 1 is 1.17 bits per heavy atom. The maximum absolute atomic E-state index is 12.8. The number of benzene rings is 1. The smallest absolute Gasteiger partial charge is 0.243 e. The van der Waals surface area contributed by atoms with E-state index >= 15 is 0 Å². The second-order valence-corrected chi connectivity index (χ2v) is 10.8. The average molecular weight is 447 g/mol. The molecule has 2 aromatic heterocycles. The Hall–Kier alpha value is -1.91. The van der Waals surface area contributed by atoms with E-state index in [1.807, 2.05) is 13.8 Å². The minimum atomic E-state index is -3.49. The van der Waals surface area contributed by atoms with Crippen molar-refractivity contribution < 1.29 is 8.42 Å². The van der Waals surface area contributed by atoms with Crippen molar-refractivity contribution in [3.8, 4) is 0 Å². The molecule has 0 unspecified atom stereocenters. The average Bonchev–Trinajstić information content (AvgIpc) is 3.67. The van der Waals surface area contributed by atoms with E-state index in [-0.39, 0.29) is 0 Å². The highest BCUT2D eigenvalue weighted by Gasteiger charge is 2.36. The number of hydrogen-bond donors (Lipinski definition) is 1. The summed E-state index contributed by atoms with van der Waals surface area (Å²) >= 11 is 1.64. The van der Waals surface area contributed by atoms with Crippen LogP contribution in [-0.4, -0.2) is 50.5 Å². The number of aromatic nitrogens is 5. The van der Waals surface area contributed by atoms with E-state index in [4.69, 9.17) is 0 Å². The molecule has 5 rings (SSSR count). The van der Waals surface area contributed by atoms with E-state index in [2.05, 4.69) is 24.7 Å². The fraction of sp³-hybridized carbons (Fsp3) is 0.550. The molecule has 0 atom stereocenters.